The van der Waals surface area contributed by atoms with E-state index in [4.69, 9.17) is 10.3 Å². The molecule has 2 heterocycles. The quantitative estimate of drug-likeness (QED) is 0.761. The van der Waals surface area contributed by atoms with Crippen molar-refractivity contribution >= 4 is 0 Å². The van der Waals surface area contributed by atoms with Crippen molar-refractivity contribution < 1.29 is 4.52 Å². The summed E-state index contributed by atoms with van der Waals surface area (Å²) in [6.45, 7) is 2.88. The second-order valence-electron chi connectivity index (χ2n) is 4.26. The molecule has 0 spiro atoms. The van der Waals surface area contributed by atoms with Gasteiger partial charge in [-0.1, -0.05) is 5.16 Å². The Morgan fingerprint density at radius 2 is 2.47 bits per heavy atom. The van der Waals surface area contributed by atoms with Crippen LogP contribution in [0.1, 0.15) is 18.1 Å². The van der Waals surface area contributed by atoms with Gasteiger partial charge in [0.05, 0.1) is 0 Å². The minimum Gasteiger partial charge on any atom is -0.339 e. The van der Waals surface area contributed by atoms with Gasteiger partial charge in [-0.15, -0.1) is 0 Å². The van der Waals surface area contributed by atoms with E-state index in [1.54, 1.807) is 0 Å². The van der Waals surface area contributed by atoms with Crippen LogP contribution in [-0.4, -0.2) is 41.7 Å². The topological polar surface area (TPSA) is 68.2 Å². The van der Waals surface area contributed by atoms with Gasteiger partial charge in [-0.2, -0.15) is 4.98 Å². The molecule has 5 nitrogen and oxygen atoms in total. The molecule has 0 aliphatic carbocycles. The fraction of sp³-hybridized carbons (Fsp3) is 0.800. The molecule has 0 amide bonds. The molecular formula is C10H18N4O. The molecule has 15 heavy (non-hydrogen) atoms. The highest BCUT2D eigenvalue weighted by molar-refractivity contribution is 4.90. The van der Waals surface area contributed by atoms with Gasteiger partial charge < -0.3 is 15.2 Å². The largest absolute Gasteiger partial charge is 0.339 e. The molecule has 1 unspecified atom stereocenters. The normalized spacial score (nSPS) is 22.4. The van der Waals surface area contributed by atoms with Gasteiger partial charge in [0.1, 0.15) is 0 Å². The van der Waals surface area contributed by atoms with E-state index in [2.05, 4.69) is 22.1 Å². The first-order valence-electron chi connectivity index (χ1n) is 5.48. The molecule has 0 bridgehead atoms. The zero-order valence-corrected chi connectivity index (χ0v) is 9.15. The molecule has 2 N–H and O–H groups in total. The molecule has 1 aliphatic rings. The van der Waals surface area contributed by atoms with Crippen LogP contribution in [0.3, 0.4) is 0 Å². The Morgan fingerprint density at radius 3 is 3.13 bits per heavy atom. The summed E-state index contributed by atoms with van der Waals surface area (Å²) in [5, 5.41) is 3.89. The molecule has 84 valence electrons. The standard InChI is InChI=1S/C10H18N4O/c1-14-5-3-8(7-14)6-10-12-9(2-4-11)13-15-10/h8H,2-7,11H2,1H3. The lowest BCUT2D eigenvalue weighted by atomic mass is 10.1. The second kappa shape index (κ2) is 4.72. The van der Waals surface area contributed by atoms with Crippen molar-refractivity contribution in [3.05, 3.63) is 11.7 Å². The van der Waals surface area contributed by atoms with Crippen molar-refractivity contribution in [3.8, 4) is 0 Å². The van der Waals surface area contributed by atoms with Crippen LogP contribution in [0, 0.1) is 5.92 Å². The highest BCUT2D eigenvalue weighted by Gasteiger charge is 2.21. The fourth-order valence-electron chi connectivity index (χ4n) is 2.04. The lowest BCUT2D eigenvalue weighted by Crippen LogP contribution is -2.15. The Balaban J connectivity index is 1.87. The Morgan fingerprint density at radius 1 is 1.60 bits per heavy atom. The van der Waals surface area contributed by atoms with Crippen molar-refractivity contribution in [1.82, 2.24) is 15.0 Å². The zero-order chi connectivity index (χ0) is 10.7. The maximum absolute atomic E-state index is 5.42. The minimum atomic E-state index is 0.575. The predicted octanol–water partition coefficient (Wildman–Crippen LogP) is 0.0650. The van der Waals surface area contributed by atoms with Crippen molar-refractivity contribution in [2.45, 2.75) is 19.3 Å². The average Bonchev–Trinajstić information content (AvgIpc) is 2.78. The van der Waals surface area contributed by atoms with E-state index >= 15 is 0 Å². The Labute approximate surface area is 89.6 Å². The summed E-state index contributed by atoms with van der Waals surface area (Å²) < 4.78 is 5.18. The average molecular weight is 210 g/mol. The van der Waals surface area contributed by atoms with Crippen LogP contribution >= 0.6 is 0 Å². The predicted molar refractivity (Wildman–Crippen MR) is 56.4 cm³/mol. The van der Waals surface area contributed by atoms with Gasteiger partial charge in [0, 0.05) is 19.4 Å². The van der Waals surface area contributed by atoms with E-state index in [0.29, 0.717) is 18.9 Å². The molecule has 1 atom stereocenters. The van der Waals surface area contributed by atoms with Crippen molar-refractivity contribution in [1.29, 1.82) is 0 Å². The maximum Gasteiger partial charge on any atom is 0.226 e. The molecule has 1 aromatic rings. The highest BCUT2D eigenvalue weighted by atomic mass is 16.5. The third kappa shape index (κ3) is 2.76. The lowest BCUT2D eigenvalue weighted by molar-refractivity contribution is 0.341. The van der Waals surface area contributed by atoms with Gasteiger partial charge in [-0.3, -0.25) is 0 Å². The van der Waals surface area contributed by atoms with Crippen LogP contribution in [0.5, 0.6) is 0 Å². The number of nitrogens with zero attached hydrogens (tertiary/aromatic N) is 3. The molecule has 1 fully saturated rings. The summed E-state index contributed by atoms with van der Waals surface area (Å²) in [5.74, 6) is 2.17. The molecule has 1 saturated heterocycles. The van der Waals surface area contributed by atoms with E-state index in [1.807, 2.05) is 0 Å². The molecule has 0 saturated carbocycles. The smallest absolute Gasteiger partial charge is 0.226 e. The zero-order valence-electron chi connectivity index (χ0n) is 9.15. The molecule has 5 heteroatoms. The first-order chi connectivity index (χ1) is 7.28. The second-order valence-corrected chi connectivity index (χ2v) is 4.26. The van der Waals surface area contributed by atoms with Crippen LogP contribution in [0.15, 0.2) is 4.52 Å². The first kappa shape index (κ1) is 10.6. The van der Waals surface area contributed by atoms with Crippen molar-refractivity contribution in [2.24, 2.45) is 11.7 Å². The number of hydrogen-bond acceptors (Lipinski definition) is 5. The molecule has 0 aromatic carbocycles. The van der Waals surface area contributed by atoms with Crippen molar-refractivity contribution in [2.75, 3.05) is 26.7 Å². The van der Waals surface area contributed by atoms with Crippen molar-refractivity contribution in [3.63, 3.8) is 0 Å². The Kier molecular flexibility index (Phi) is 3.33. The summed E-state index contributed by atoms with van der Waals surface area (Å²) in [4.78, 5) is 6.65. The van der Waals surface area contributed by atoms with Gasteiger partial charge in [-0.25, -0.2) is 0 Å². The maximum atomic E-state index is 5.42. The van der Waals surface area contributed by atoms with Gasteiger partial charge >= 0.3 is 0 Å². The van der Waals surface area contributed by atoms with Crippen LogP contribution in [-0.2, 0) is 12.8 Å². The summed E-state index contributed by atoms with van der Waals surface area (Å²) in [7, 11) is 2.15. The lowest BCUT2D eigenvalue weighted by Gasteiger charge is -2.06. The molecule has 0 radical (unpaired) electrons. The van der Waals surface area contributed by atoms with E-state index in [-0.39, 0.29) is 0 Å². The Hall–Kier alpha value is -0.940. The summed E-state index contributed by atoms with van der Waals surface area (Å²) >= 11 is 0. The van der Waals surface area contributed by atoms with Gasteiger partial charge in [0.2, 0.25) is 5.89 Å². The van der Waals surface area contributed by atoms with Crippen LogP contribution in [0.25, 0.3) is 0 Å². The first-order valence-corrected chi connectivity index (χ1v) is 5.48. The van der Waals surface area contributed by atoms with Gasteiger partial charge in [0.15, 0.2) is 5.82 Å². The summed E-state index contributed by atoms with van der Waals surface area (Å²) in [5.41, 5.74) is 5.42. The Bertz CT molecular complexity index is 312. The molecule has 1 aliphatic heterocycles. The SMILES string of the molecule is CN1CCC(Cc2nc(CCN)no2)C1. The van der Waals surface area contributed by atoms with Crippen LogP contribution in [0.2, 0.25) is 0 Å². The third-order valence-corrected chi connectivity index (χ3v) is 2.83. The molecule has 2 rings (SSSR count). The van der Waals surface area contributed by atoms with E-state index in [0.717, 1.165) is 24.7 Å². The van der Waals surface area contributed by atoms with Gasteiger partial charge in [0.25, 0.3) is 0 Å². The molecule has 1 aromatic heterocycles. The number of likely N-dealkylation sites (tertiary alicyclic amines) is 1. The minimum absolute atomic E-state index is 0.575. The molecular weight excluding hydrogens is 192 g/mol. The number of hydrogen-bond donors (Lipinski definition) is 1. The summed E-state index contributed by atoms with van der Waals surface area (Å²) in [6.07, 6.45) is 2.83. The number of nitrogens with two attached hydrogens (primary N) is 1. The fourth-order valence-corrected chi connectivity index (χ4v) is 2.04. The van der Waals surface area contributed by atoms with Crippen LogP contribution in [0.4, 0.5) is 0 Å². The van der Waals surface area contributed by atoms with E-state index < -0.39 is 0 Å². The third-order valence-electron chi connectivity index (χ3n) is 2.83. The number of aromatic nitrogens is 2. The monoisotopic (exact) mass is 210 g/mol. The highest BCUT2D eigenvalue weighted by Crippen LogP contribution is 2.18. The van der Waals surface area contributed by atoms with Gasteiger partial charge in [-0.05, 0) is 32.5 Å². The van der Waals surface area contributed by atoms with E-state index in [1.165, 1.54) is 13.0 Å². The number of rotatable bonds is 4. The van der Waals surface area contributed by atoms with Crippen LogP contribution < -0.4 is 5.73 Å². The van der Waals surface area contributed by atoms with E-state index in [9.17, 15) is 0 Å². The summed E-state index contributed by atoms with van der Waals surface area (Å²) in [6, 6.07) is 0.